The van der Waals surface area contributed by atoms with E-state index in [0.717, 1.165) is 12.0 Å². The van der Waals surface area contributed by atoms with Gasteiger partial charge in [0.05, 0.1) is 13.7 Å². The van der Waals surface area contributed by atoms with Crippen LogP contribution in [0.1, 0.15) is 22.8 Å². The lowest BCUT2D eigenvalue weighted by Crippen LogP contribution is -2.44. The first kappa shape index (κ1) is 14.2. The molecule has 1 atom stereocenters. The fraction of sp³-hybridized carbons (Fsp3) is 0.385. The van der Waals surface area contributed by atoms with Crippen LogP contribution in [0.3, 0.4) is 0 Å². The predicted molar refractivity (Wildman–Crippen MR) is 66.2 cm³/mol. The molecule has 1 amide bonds. The molecule has 0 unspecified atom stereocenters. The van der Waals surface area contributed by atoms with E-state index in [0.29, 0.717) is 5.56 Å². The zero-order valence-corrected chi connectivity index (χ0v) is 10.5. The number of rotatable bonds is 5. The first-order valence-electron chi connectivity index (χ1n) is 5.70. The smallest absolute Gasteiger partial charge is 0.330 e. The molecular formula is C13H17NO4. The van der Waals surface area contributed by atoms with E-state index in [1.165, 1.54) is 7.11 Å². The van der Waals surface area contributed by atoms with Gasteiger partial charge in [0.15, 0.2) is 6.04 Å². The first-order chi connectivity index (χ1) is 8.62. The minimum atomic E-state index is -1.03. The van der Waals surface area contributed by atoms with Gasteiger partial charge in [0, 0.05) is 5.56 Å². The number of amides is 1. The molecule has 0 saturated heterocycles. The van der Waals surface area contributed by atoms with Crippen LogP contribution >= 0.6 is 0 Å². The van der Waals surface area contributed by atoms with Gasteiger partial charge in [-0.15, -0.1) is 0 Å². The average Bonchev–Trinajstić information content (AvgIpc) is 2.43. The first-order valence-corrected chi connectivity index (χ1v) is 5.70. The molecule has 0 aliphatic heterocycles. The second-order valence-electron chi connectivity index (χ2n) is 3.79. The molecule has 1 rings (SSSR count). The number of esters is 1. The number of hydrogen-bond donors (Lipinski definition) is 2. The molecule has 0 bridgehead atoms. The number of aliphatic hydroxyl groups excluding tert-OH is 1. The van der Waals surface area contributed by atoms with Crippen LogP contribution in [-0.4, -0.2) is 36.7 Å². The Morgan fingerprint density at radius 2 is 2.17 bits per heavy atom. The molecule has 2 N–H and O–H groups in total. The number of hydrogen-bond acceptors (Lipinski definition) is 4. The monoisotopic (exact) mass is 251 g/mol. The molecule has 1 aromatic carbocycles. The number of nitrogens with one attached hydrogen (secondary N) is 1. The summed E-state index contributed by atoms with van der Waals surface area (Å²) in [6, 6.07) is 6.06. The third kappa shape index (κ3) is 3.56. The summed E-state index contributed by atoms with van der Waals surface area (Å²) in [6.07, 6.45) is 0.821. The summed E-state index contributed by atoms with van der Waals surface area (Å²) in [5.74, 6) is -1.08. The summed E-state index contributed by atoms with van der Waals surface area (Å²) in [7, 11) is 1.20. The fourth-order valence-electron chi connectivity index (χ4n) is 1.50. The molecule has 5 heteroatoms. The van der Waals surface area contributed by atoms with Crippen molar-refractivity contribution in [1.29, 1.82) is 0 Å². The molecule has 0 heterocycles. The maximum atomic E-state index is 11.9. The molecule has 5 nitrogen and oxygen atoms in total. The van der Waals surface area contributed by atoms with Crippen LogP contribution in [0, 0.1) is 0 Å². The Bertz CT molecular complexity index is 431. The maximum absolute atomic E-state index is 11.9. The Balaban J connectivity index is 2.77. The summed E-state index contributed by atoms with van der Waals surface area (Å²) >= 11 is 0. The molecule has 0 saturated carbocycles. The van der Waals surface area contributed by atoms with E-state index < -0.39 is 24.5 Å². The van der Waals surface area contributed by atoms with Crippen molar-refractivity contribution >= 4 is 11.9 Å². The van der Waals surface area contributed by atoms with Crippen LogP contribution in [0.4, 0.5) is 0 Å². The molecular weight excluding hydrogens is 234 g/mol. The summed E-state index contributed by atoms with van der Waals surface area (Å²) < 4.78 is 4.47. The third-order valence-corrected chi connectivity index (χ3v) is 2.57. The standard InChI is InChI=1S/C13H17NO4/c1-3-9-5-4-6-10(7-9)12(16)14-11(8-15)13(17)18-2/h4-7,11,15H,3,8H2,1-2H3,(H,14,16)/t11-/m0/s1. The van der Waals surface area contributed by atoms with Crippen LogP contribution in [0.25, 0.3) is 0 Å². The largest absolute Gasteiger partial charge is 0.467 e. The molecule has 0 spiro atoms. The molecule has 0 radical (unpaired) electrons. The number of methoxy groups -OCH3 is 1. The zero-order chi connectivity index (χ0) is 13.5. The molecule has 0 aliphatic carbocycles. The van der Waals surface area contributed by atoms with Gasteiger partial charge in [-0.3, -0.25) is 4.79 Å². The van der Waals surface area contributed by atoms with E-state index in [1.54, 1.807) is 18.2 Å². The number of benzene rings is 1. The van der Waals surface area contributed by atoms with Crippen molar-refractivity contribution in [2.45, 2.75) is 19.4 Å². The highest BCUT2D eigenvalue weighted by Gasteiger charge is 2.21. The lowest BCUT2D eigenvalue weighted by atomic mass is 10.1. The molecule has 0 fully saturated rings. The van der Waals surface area contributed by atoms with E-state index >= 15 is 0 Å². The van der Waals surface area contributed by atoms with Crippen molar-refractivity contribution in [3.63, 3.8) is 0 Å². The van der Waals surface area contributed by atoms with Crippen LogP contribution in [0.15, 0.2) is 24.3 Å². The lowest BCUT2D eigenvalue weighted by molar-refractivity contribution is -0.143. The Morgan fingerprint density at radius 1 is 1.44 bits per heavy atom. The number of aryl methyl sites for hydroxylation is 1. The Hall–Kier alpha value is -1.88. The molecule has 0 aromatic heterocycles. The number of carbonyl (C=O) groups excluding carboxylic acids is 2. The summed E-state index contributed by atoms with van der Waals surface area (Å²) in [5.41, 5.74) is 1.48. The molecule has 0 aliphatic rings. The highest BCUT2D eigenvalue weighted by atomic mass is 16.5. The highest BCUT2D eigenvalue weighted by molar-refractivity contribution is 5.96. The van der Waals surface area contributed by atoms with Crippen molar-refractivity contribution in [3.05, 3.63) is 35.4 Å². The number of carbonyl (C=O) groups is 2. The van der Waals surface area contributed by atoms with Crippen molar-refractivity contribution in [2.24, 2.45) is 0 Å². The van der Waals surface area contributed by atoms with Crippen molar-refractivity contribution in [3.8, 4) is 0 Å². The summed E-state index contributed by atoms with van der Waals surface area (Å²) in [4.78, 5) is 23.1. The van der Waals surface area contributed by atoms with E-state index in [-0.39, 0.29) is 0 Å². The van der Waals surface area contributed by atoms with Gasteiger partial charge >= 0.3 is 5.97 Å². The molecule has 98 valence electrons. The maximum Gasteiger partial charge on any atom is 0.330 e. The van der Waals surface area contributed by atoms with Gasteiger partial charge in [0.25, 0.3) is 5.91 Å². The van der Waals surface area contributed by atoms with Crippen LogP contribution in [0.2, 0.25) is 0 Å². The Morgan fingerprint density at radius 3 is 2.72 bits per heavy atom. The summed E-state index contributed by atoms with van der Waals surface area (Å²) in [6.45, 7) is 1.49. The van der Waals surface area contributed by atoms with Crippen LogP contribution in [-0.2, 0) is 16.0 Å². The topological polar surface area (TPSA) is 75.6 Å². The predicted octanol–water partition coefficient (Wildman–Crippen LogP) is 0.513. The normalized spacial score (nSPS) is 11.7. The van der Waals surface area contributed by atoms with Crippen molar-refractivity contribution < 1.29 is 19.4 Å². The van der Waals surface area contributed by atoms with Gasteiger partial charge < -0.3 is 15.2 Å². The van der Waals surface area contributed by atoms with E-state index in [9.17, 15) is 9.59 Å². The summed E-state index contributed by atoms with van der Waals surface area (Å²) in [5, 5.41) is 11.4. The van der Waals surface area contributed by atoms with E-state index in [1.807, 2.05) is 13.0 Å². The zero-order valence-electron chi connectivity index (χ0n) is 10.5. The minimum absolute atomic E-state index is 0.408. The number of aliphatic hydroxyl groups is 1. The van der Waals surface area contributed by atoms with Gasteiger partial charge in [-0.05, 0) is 24.1 Å². The van der Waals surface area contributed by atoms with Crippen LogP contribution in [0.5, 0.6) is 0 Å². The minimum Gasteiger partial charge on any atom is -0.467 e. The molecule has 1 aromatic rings. The highest BCUT2D eigenvalue weighted by Crippen LogP contribution is 2.06. The van der Waals surface area contributed by atoms with Crippen molar-refractivity contribution in [2.75, 3.05) is 13.7 Å². The Labute approximate surface area is 106 Å². The third-order valence-electron chi connectivity index (χ3n) is 2.57. The van der Waals surface area contributed by atoms with Gasteiger partial charge in [0.1, 0.15) is 0 Å². The second kappa shape index (κ2) is 6.76. The molecule has 18 heavy (non-hydrogen) atoms. The van der Waals surface area contributed by atoms with Gasteiger partial charge in [-0.1, -0.05) is 19.1 Å². The van der Waals surface area contributed by atoms with Crippen molar-refractivity contribution in [1.82, 2.24) is 5.32 Å². The lowest BCUT2D eigenvalue weighted by Gasteiger charge is -2.14. The second-order valence-corrected chi connectivity index (χ2v) is 3.79. The average molecular weight is 251 g/mol. The Kier molecular flexibility index (Phi) is 5.32. The quantitative estimate of drug-likeness (QED) is 0.748. The van der Waals surface area contributed by atoms with E-state index in [4.69, 9.17) is 5.11 Å². The van der Waals surface area contributed by atoms with E-state index in [2.05, 4.69) is 10.1 Å². The van der Waals surface area contributed by atoms with Gasteiger partial charge in [-0.25, -0.2) is 4.79 Å². The number of ether oxygens (including phenoxy) is 1. The SMILES string of the molecule is CCc1cccc(C(=O)N[C@@H](CO)C(=O)OC)c1. The fourth-order valence-corrected chi connectivity index (χ4v) is 1.50. The van der Waals surface area contributed by atoms with Crippen LogP contribution < -0.4 is 5.32 Å². The van der Waals surface area contributed by atoms with Gasteiger partial charge in [-0.2, -0.15) is 0 Å². The van der Waals surface area contributed by atoms with Gasteiger partial charge in [0.2, 0.25) is 0 Å².